The number of hydrogen-bond donors (Lipinski definition) is 0. The zero-order valence-corrected chi connectivity index (χ0v) is 23.7. The summed E-state index contributed by atoms with van der Waals surface area (Å²) in [6.07, 6.45) is 3.80. The number of hydrogen-bond acceptors (Lipinski definition) is 4. The zero-order chi connectivity index (χ0) is 29.0. The van der Waals surface area contributed by atoms with Gasteiger partial charge in [-0.15, -0.1) is 0 Å². The van der Waals surface area contributed by atoms with Crippen LogP contribution in [0.4, 0.5) is 17.1 Å². The van der Waals surface area contributed by atoms with Gasteiger partial charge in [0.15, 0.2) is 11.5 Å². The summed E-state index contributed by atoms with van der Waals surface area (Å²) in [6, 6.07) is 48.7. The van der Waals surface area contributed by atoms with Gasteiger partial charge in [-0.05, 0) is 81.6 Å². The summed E-state index contributed by atoms with van der Waals surface area (Å²) in [6.45, 7) is 0. The molecule has 8 aromatic rings. The molecule has 44 heavy (non-hydrogen) atoms. The molecule has 9 rings (SSSR count). The second-order valence-electron chi connectivity index (χ2n) is 11.0. The van der Waals surface area contributed by atoms with Crippen LogP contribution in [0.15, 0.2) is 152 Å². The number of ether oxygens (including phenoxy) is 1. The lowest BCUT2D eigenvalue weighted by molar-refractivity contribution is 0.477. The average Bonchev–Trinajstić information content (AvgIpc) is 3.10. The Balaban J connectivity index is 1.16. The Kier molecular flexibility index (Phi) is 5.47. The molecule has 0 atom stereocenters. The topological polar surface area (TPSA) is 38.2 Å². The SMILES string of the molecule is c1ccc2c(c1)Oc1ccccc1N2c1ccc(-c2ccnc3c2ccc2c(-c4cccc5ccccc45)ccnc23)cc1. The highest BCUT2D eigenvalue weighted by molar-refractivity contribution is 6.13. The minimum atomic E-state index is 0.845. The molecule has 4 nitrogen and oxygen atoms in total. The van der Waals surface area contributed by atoms with E-state index in [1.54, 1.807) is 0 Å². The van der Waals surface area contributed by atoms with Crippen LogP contribution in [0.25, 0.3) is 54.8 Å². The number of benzene rings is 6. The van der Waals surface area contributed by atoms with E-state index in [1.165, 1.54) is 16.3 Å². The van der Waals surface area contributed by atoms with E-state index < -0.39 is 0 Å². The van der Waals surface area contributed by atoms with Gasteiger partial charge in [0.1, 0.15) is 0 Å². The minimum absolute atomic E-state index is 0.845. The molecule has 206 valence electrons. The van der Waals surface area contributed by atoms with E-state index >= 15 is 0 Å². The van der Waals surface area contributed by atoms with Gasteiger partial charge >= 0.3 is 0 Å². The van der Waals surface area contributed by atoms with E-state index in [-0.39, 0.29) is 0 Å². The van der Waals surface area contributed by atoms with Gasteiger partial charge < -0.3 is 9.64 Å². The maximum Gasteiger partial charge on any atom is 0.151 e. The second-order valence-corrected chi connectivity index (χ2v) is 11.0. The monoisotopic (exact) mass is 563 g/mol. The van der Waals surface area contributed by atoms with Crippen LogP contribution in [0.3, 0.4) is 0 Å². The molecular formula is C40H25N3O. The van der Waals surface area contributed by atoms with Crippen molar-refractivity contribution in [1.82, 2.24) is 9.97 Å². The quantitative estimate of drug-likeness (QED) is 0.200. The molecule has 4 heteroatoms. The summed E-state index contributed by atoms with van der Waals surface area (Å²) < 4.78 is 6.21. The molecule has 3 heterocycles. The Morgan fingerprint density at radius 3 is 1.73 bits per heavy atom. The fourth-order valence-corrected chi connectivity index (χ4v) is 6.55. The standard InChI is InChI=1S/C40H25N3O/c1-2-10-29-26(8-1)9-7-11-31(29)32-23-25-42-40-34(32)21-20-33-30(22-24-41-39(33)40)27-16-18-28(19-17-27)43-35-12-3-5-14-37(35)44-38-15-6-4-13-36(38)43/h1-25H. The number of pyridine rings is 2. The third kappa shape index (κ3) is 3.78. The van der Waals surface area contributed by atoms with Crippen molar-refractivity contribution in [2.24, 2.45) is 0 Å². The maximum absolute atomic E-state index is 6.21. The van der Waals surface area contributed by atoms with E-state index in [0.717, 1.165) is 67.1 Å². The van der Waals surface area contributed by atoms with Gasteiger partial charge in [-0.2, -0.15) is 0 Å². The Bertz CT molecular complexity index is 2330. The molecule has 0 unspecified atom stereocenters. The van der Waals surface area contributed by atoms with Crippen molar-refractivity contribution in [2.45, 2.75) is 0 Å². The number of anilines is 3. The Morgan fingerprint density at radius 2 is 1.00 bits per heavy atom. The van der Waals surface area contributed by atoms with Crippen LogP contribution < -0.4 is 9.64 Å². The van der Waals surface area contributed by atoms with E-state index in [4.69, 9.17) is 14.7 Å². The van der Waals surface area contributed by atoms with Gasteiger partial charge in [0.2, 0.25) is 0 Å². The van der Waals surface area contributed by atoms with Crippen molar-refractivity contribution in [1.29, 1.82) is 0 Å². The van der Waals surface area contributed by atoms with E-state index in [9.17, 15) is 0 Å². The van der Waals surface area contributed by atoms with E-state index in [1.807, 2.05) is 48.8 Å². The first kappa shape index (κ1) is 24.6. The van der Waals surface area contributed by atoms with Crippen molar-refractivity contribution in [3.05, 3.63) is 152 Å². The zero-order valence-electron chi connectivity index (χ0n) is 23.7. The van der Waals surface area contributed by atoms with Crippen LogP contribution in [0.2, 0.25) is 0 Å². The molecule has 2 aromatic heterocycles. The lowest BCUT2D eigenvalue weighted by Crippen LogP contribution is -2.15. The largest absolute Gasteiger partial charge is 0.453 e. The van der Waals surface area contributed by atoms with Gasteiger partial charge in [0.25, 0.3) is 0 Å². The third-order valence-corrected chi connectivity index (χ3v) is 8.57. The van der Waals surface area contributed by atoms with Crippen LogP contribution >= 0.6 is 0 Å². The second kappa shape index (κ2) is 9.79. The molecule has 0 N–H and O–H groups in total. The predicted molar refractivity (Wildman–Crippen MR) is 180 cm³/mol. The van der Waals surface area contributed by atoms with Crippen molar-refractivity contribution in [3.8, 4) is 33.8 Å². The highest BCUT2D eigenvalue weighted by atomic mass is 16.5. The lowest BCUT2D eigenvalue weighted by Gasteiger charge is -2.32. The van der Waals surface area contributed by atoms with Crippen molar-refractivity contribution in [3.63, 3.8) is 0 Å². The summed E-state index contributed by atoms with van der Waals surface area (Å²) in [5.41, 5.74) is 9.55. The fourth-order valence-electron chi connectivity index (χ4n) is 6.55. The first-order valence-electron chi connectivity index (χ1n) is 14.7. The number of nitrogens with zero attached hydrogens (tertiary/aromatic N) is 3. The van der Waals surface area contributed by atoms with Crippen LogP contribution in [0.1, 0.15) is 0 Å². The van der Waals surface area contributed by atoms with Crippen LogP contribution in [-0.2, 0) is 0 Å². The minimum Gasteiger partial charge on any atom is -0.453 e. The molecule has 1 aliphatic rings. The molecular weight excluding hydrogens is 538 g/mol. The van der Waals surface area contributed by atoms with Gasteiger partial charge in [0, 0.05) is 28.9 Å². The molecule has 0 amide bonds. The molecule has 0 bridgehead atoms. The van der Waals surface area contributed by atoms with E-state index in [2.05, 4.69) is 108 Å². The summed E-state index contributed by atoms with van der Waals surface area (Å²) >= 11 is 0. The molecule has 0 fully saturated rings. The third-order valence-electron chi connectivity index (χ3n) is 8.57. The molecule has 0 radical (unpaired) electrons. The number of para-hydroxylation sites is 4. The summed E-state index contributed by atoms with van der Waals surface area (Å²) in [5.74, 6) is 1.69. The summed E-state index contributed by atoms with van der Waals surface area (Å²) in [5, 5.41) is 4.64. The number of aromatic nitrogens is 2. The Morgan fingerprint density at radius 1 is 0.432 bits per heavy atom. The van der Waals surface area contributed by atoms with Crippen LogP contribution in [-0.4, -0.2) is 9.97 Å². The lowest BCUT2D eigenvalue weighted by atomic mass is 9.94. The first-order valence-corrected chi connectivity index (χ1v) is 14.7. The van der Waals surface area contributed by atoms with Gasteiger partial charge in [-0.25, -0.2) is 0 Å². The van der Waals surface area contributed by atoms with Crippen molar-refractivity contribution >= 4 is 49.6 Å². The molecule has 6 aromatic carbocycles. The summed E-state index contributed by atoms with van der Waals surface area (Å²) in [7, 11) is 0. The highest BCUT2D eigenvalue weighted by Gasteiger charge is 2.25. The average molecular weight is 564 g/mol. The van der Waals surface area contributed by atoms with Gasteiger partial charge in [0.05, 0.1) is 22.4 Å². The predicted octanol–water partition coefficient (Wildman–Crippen LogP) is 10.8. The molecule has 0 saturated heterocycles. The smallest absolute Gasteiger partial charge is 0.151 e. The number of fused-ring (bicyclic) bond motifs is 6. The Labute approximate surface area is 254 Å². The van der Waals surface area contributed by atoms with Gasteiger partial charge in [-0.3, -0.25) is 9.97 Å². The summed E-state index contributed by atoms with van der Waals surface area (Å²) in [4.78, 5) is 12.0. The Hall–Kier alpha value is -6.00. The van der Waals surface area contributed by atoms with Crippen LogP contribution in [0, 0.1) is 0 Å². The number of rotatable bonds is 3. The molecule has 0 spiro atoms. The normalized spacial score (nSPS) is 12.2. The maximum atomic E-state index is 6.21. The van der Waals surface area contributed by atoms with Crippen molar-refractivity contribution in [2.75, 3.05) is 4.90 Å². The molecule has 1 aliphatic heterocycles. The van der Waals surface area contributed by atoms with E-state index in [0.29, 0.717) is 0 Å². The van der Waals surface area contributed by atoms with Gasteiger partial charge in [-0.1, -0.05) is 91.0 Å². The first-order chi connectivity index (χ1) is 21.8. The highest BCUT2D eigenvalue weighted by Crippen LogP contribution is 2.50. The molecule has 0 aliphatic carbocycles. The molecule has 0 saturated carbocycles. The van der Waals surface area contributed by atoms with Crippen molar-refractivity contribution < 1.29 is 4.74 Å². The fraction of sp³-hybridized carbons (Fsp3) is 0. The van der Waals surface area contributed by atoms with Crippen LogP contribution in [0.5, 0.6) is 11.5 Å².